The lowest BCUT2D eigenvalue weighted by atomic mass is 9.92. The van der Waals surface area contributed by atoms with Gasteiger partial charge in [-0.25, -0.2) is 4.98 Å². The molecule has 0 aliphatic rings. The van der Waals surface area contributed by atoms with Crippen molar-refractivity contribution in [3.05, 3.63) is 71.6 Å². The Morgan fingerprint density at radius 3 is 2.54 bits per heavy atom. The maximum Gasteiger partial charge on any atom is 0.129 e. The van der Waals surface area contributed by atoms with Crippen LogP contribution in [-0.2, 0) is 13.2 Å². The minimum Gasteiger partial charge on any atom is -0.488 e. The van der Waals surface area contributed by atoms with Gasteiger partial charge in [-0.1, -0.05) is 62.7 Å². The van der Waals surface area contributed by atoms with Crippen LogP contribution in [0.15, 0.2) is 61.1 Å². The fraction of sp³-hybridized carbons (Fsp3) is 0.318. The molecule has 1 aromatic heterocycles. The third-order valence-corrected chi connectivity index (χ3v) is 4.69. The predicted molar refractivity (Wildman–Crippen MR) is 108 cm³/mol. The highest BCUT2D eigenvalue weighted by molar-refractivity contribution is 6.31. The molecule has 0 atom stereocenters. The van der Waals surface area contributed by atoms with Gasteiger partial charge in [-0.15, -0.1) is 0 Å². The van der Waals surface area contributed by atoms with Crippen molar-refractivity contribution < 1.29 is 4.74 Å². The first kappa shape index (κ1) is 18.5. The molecule has 0 aliphatic carbocycles. The lowest BCUT2D eigenvalue weighted by Gasteiger charge is -2.19. The minimum absolute atomic E-state index is 0.279. The summed E-state index contributed by atoms with van der Waals surface area (Å²) < 4.78 is 8.30. The number of para-hydroxylation sites is 1. The predicted octanol–water partition coefficient (Wildman–Crippen LogP) is 6.22. The fourth-order valence-corrected chi connectivity index (χ4v) is 2.94. The quantitative estimate of drug-likeness (QED) is 0.516. The number of nitrogens with zero attached hydrogens (tertiary/aromatic N) is 2. The molecule has 3 rings (SSSR count). The van der Waals surface area contributed by atoms with E-state index in [9.17, 15) is 0 Å². The van der Waals surface area contributed by atoms with Gasteiger partial charge in [0.1, 0.15) is 12.4 Å². The second kappa shape index (κ2) is 7.96. The SMILES string of the molecule is CC(C)(C)CCn1cncc1-c1ccccc1OCc1ccccc1Cl. The smallest absolute Gasteiger partial charge is 0.129 e. The van der Waals surface area contributed by atoms with Crippen LogP contribution in [0, 0.1) is 5.41 Å². The third-order valence-electron chi connectivity index (χ3n) is 4.32. The normalized spacial score (nSPS) is 11.5. The van der Waals surface area contributed by atoms with Crippen LogP contribution >= 0.6 is 11.6 Å². The summed E-state index contributed by atoms with van der Waals surface area (Å²) in [7, 11) is 0. The first-order valence-corrected chi connectivity index (χ1v) is 9.27. The minimum atomic E-state index is 0.279. The van der Waals surface area contributed by atoms with Crippen LogP contribution in [0.1, 0.15) is 32.8 Å². The summed E-state index contributed by atoms with van der Waals surface area (Å²) in [5.41, 5.74) is 3.38. The molecule has 0 spiro atoms. The van der Waals surface area contributed by atoms with Gasteiger partial charge in [0.15, 0.2) is 0 Å². The van der Waals surface area contributed by atoms with Crippen molar-refractivity contribution in [3.63, 3.8) is 0 Å². The second-order valence-electron chi connectivity index (χ2n) is 7.66. The molecular weight excluding hydrogens is 344 g/mol. The highest BCUT2D eigenvalue weighted by Gasteiger charge is 2.14. The van der Waals surface area contributed by atoms with E-state index >= 15 is 0 Å². The van der Waals surface area contributed by atoms with Gasteiger partial charge >= 0.3 is 0 Å². The zero-order chi connectivity index (χ0) is 18.6. The summed E-state index contributed by atoms with van der Waals surface area (Å²) in [4.78, 5) is 4.36. The zero-order valence-corrected chi connectivity index (χ0v) is 16.3. The number of benzene rings is 2. The van der Waals surface area contributed by atoms with Crippen LogP contribution in [0.2, 0.25) is 5.02 Å². The lowest BCUT2D eigenvalue weighted by Crippen LogP contribution is -2.10. The van der Waals surface area contributed by atoms with Gasteiger partial charge in [-0.3, -0.25) is 0 Å². The maximum absolute atomic E-state index is 6.24. The van der Waals surface area contributed by atoms with Crippen molar-refractivity contribution in [2.24, 2.45) is 5.41 Å². The molecule has 0 radical (unpaired) electrons. The molecule has 26 heavy (non-hydrogen) atoms. The average molecular weight is 369 g/mol. The lowest BCUT2D eigenvalue weighted by molar-refractivity contribution is 0.307. The molecule has 0 unspecified atom stereocenters. The van der Waals surface area contributed by atoms with Gasteiger partial charge in [0.05, 0.1) is 18.2 Å². The first-order chi connectivity index (χ1) is 12.4. The van der Waals surface area contributed by atoms with Crippen LogP contribution < -0.4 is 4.74 Å². The Labute approximate surface area is 160 Å². The van der Waals surface area contributed by atoms with Gasteiger partial charge in [-0.05, 0) is 30.0 Å². The number of ether oxygens (including phenoxy) is 1. The molecule has 0 bridgehead atoms. The highest BCUT2D eigenvalue weighted by Crippen LogP contribution is 2.31. The van der Waals surface area contributed by atoms with E-state index in [0.717, 1.165) is 40.6 Å². The summed E-state index contributed by atoms with van der Waals surface area (Å²) >= 11 is 6.24. The molecule has 0 amide bonds. The van der Waals surface area contributed by atoms with E-state index in [0.29, 0.717) is 6.61 Å². The number of rotatable bonds is 6. The van der Waals surface area contributed by atoms with Crippen LogP contribution in [-0.4, -0.2) is 9.55 Å². The van der Waals surface area contributed by atoms with Crippen LogP contribution in [0.5, 0.6) is 5.75 Å². The molecule has 3 aromatic rings. The molecule has 1 heterocycles. The number of halogens is 1. The van der Waals surface area contributed by atoms with Crippen molar-refractivity contribution in [3.8, 4) is 17.0 Å². The number of imidazole rings is 1. The Kier molecular flexibility index (Phi) is 5.67. The Morgan fingerprint density at radius 1 is 1.04 bits per heavy atom. The molecule has 0 N–H and O–H groups in total. The summed E-state index contributed by atoms with van der Waals surface area (Å²) in [6, 6.07) is 15.8. The molecule has 0 fully saturated rings. The maximum atomic E-state index is 6.24. The molecule has 0 aliphatic heterocycles. The van der Waals surface area contributed by atoms with Gasteiger partial charge in [-0.2, -0.15) is 0 Å². The molecule has 136 valence electrons. The Morgan fingerprint density at radius 2 is 1.77 bits per heavy atom. The van der Waals surface area contributed by atoms with Crippen molar-refractivity contribution in [1.29, 1.82) is 0 Å². The van der Waals surface area contributed by atoms with Crippen LogP contribution in [0.3, 0.4) is 0 Å². The number of aromatic nitrogens is 2. The van der Waals surface area contributed by atoms with Crippen LogP contribution in [0.25, 0.3) is 11.3 Å². The Bertz CT molecular complexity index is 864. The number of hydrogen-bond donors (Lipinski definition) is 0. The molecule has 3 nitrogen and oxygen atoms in total. The third kappa shape index (κ3) is 4.67. The van der Waals surface area contributed by atoms with E-state index in [4.69, 9.17) is 16.3 Å². The van der Waals surface area contributed by atoms with Crippen molar-refractivity contribution >= 4 is 11.6 Å². The molecule has 0 saturated heterocycles. The zero-order valence-electron chi connectivity index (χ0n) is 15.6. The summed E-state index contributed by atoms with van der Waals surface area (Å²) in [5.74, 6) is 0.838. The summed E-state index contributed by atoms with van der Waals surface area (Å²) in [5, 5.41) is 0.722. The van der Waals surface area contributed by atoms with E-state index in [2.05, 4.69) is 36.4 Å². The van der Waals surface area contributed by atoms with E-state index in [1.54, 1.807) is 0 Å². The molecule has 4 heteroatoms. The van der Waals surface area contributed by atoms with Gasteiger partial charge in [0, 0.05) is 22.7 Å². The van der Waals surface area contributed by atoms with Crippen molar-refractivity contribution in [1.82, 2.24) is 9.55 Å². The van der Waals surface area contributed by atoms with E-state index < -0.39 is 0 Å². The first-order valence-electron chi connectivity index (χ1n) is 8.90. The largest absolute Gasteiger partial charge is 0.488 e. The van der Waals surface area contributed by atoms with Crippen molar-refractivity contribution in [2.75, 3.05) is 0 Å². The van der Waals surface area contributed by atoms with Gasteiger partial charge in [0.2, 0.25) is 0 Å². The van der Waals surface area contributed by atoms with Gasteiger partial charge in [0.25, 0.3) is 0 Å². The average Bonchev–Trinajstić information content (AvgIpc) is 3.07. The molecular formula is C22H25ClN2O. The Balaban J connectivity index is 1.82. The van der Waals surface area contributed by atoms with E-state index in [-0.39, 0.29) is 5.41 Å². The topological polar surface area (TPSA) is 27.1 Å². The monoisotopic (exact) mass is 368 g/mol. The fourth-order valence-electron chi connectivity index (χ4n) is 2.75. The highest BCUT2D eigenvalue weighted by atomic mass is 35.5. The van der Waals surface area contributed by atoms with Gasteiger partial charge < -0.3 is 9.30 Å². The summed E-state index contributed by atoms with van der Waals surface area (Å²) in [6.07, 6.45) is 4.88. The number of aryl methyl sites for hydroxylation is 1. The standard InChI is InChI=1S/C22H25ClN2O/c1-22(2,3)12-13-25-16-24-14-20(25)18-9-5-7-11-21(18)26-15-17-8-4-6-10-19(17)23/h4-11,14,16H,12-13,15H2,1-3H3. The summed E-state index contributed by atoms with van der Waals surface area (Å²) in [6.45, 7) is 8.13. The second-order valence-corrected chi connectivity index (χ2v) is 8.07. The Hall–Kier alpha value is -2.26. The molecule has 2 aromatic carbocycles. The van der Waals surface area contributed by atoms with Crippen LogP contribution in [0.4, 0.5) is 0 Å². The molecule has 0 saturated carbocycles. The van der Waals surface area contributed by atoms with E-state index in [1.165, 1.54) is 0 Å². The van der Waals surface area contributed by atoms with Crippen molar-refractivity contribution in [2.45, 2.75) is 40.3 Å². The van der Waals surface area contributed by atoms with E-state index in [1.807, 2.05) is 55.0 Å². The number of hydrogen-bond acceptors (Lipinski definition) is 2.